The highest BCUT2D eigenvalue weighted by atomic mass is 16.4. The van der Waals surface area contributed by atoms with Crippen molar-refractivity contribution in [3.63, 3.8) is 0 Å². The summed E-state index contributed by atoms with van der Waals surface area (Å²) in [6, 6.07) is 0. The monoisotopic (exact) mass is 225 g/mol. The van der Waals surface area contributed by atoms with Crippen LogP contribution in [0.25, 0.3) is 0 Å². The Morgan fingerprint density at radius 3 is 2.56 bits per heavy atom. The summed E-state index contributed by atoms with van der Waals surface area (Å²) >= 11 is 0. The zero-order chi connectivity index (χ0) is 11.8. The fraction of sp³-hybridized carbons (Fsp3) is 0.769. The molecule has 3 heteroatoms. The fourth-order valence-electron chi connectivity index (χ4n) is 2.24. The average Bonchev–Trinajstić information content (AvgIpc) is 2.75. The Labute approximate surface area is 98.1 Å². The van der Waals surface area contributed by atoms with Gasteiger partial charge >= 0.3 is 5.97 Å². The van der Waals surface area contributed by atoms with Gasteiger partial charge in [-0.15, -0.1) is 0 Å². The Morgan fingerprint density at radius 1 is 1.31 bits per heavy atom. The number of carbonyl (C=O) groups is 1. The minimum Gasteiger partial charge on any atom is -0.481 e. The number of carboxylic acid groups (broad SMARTS) is 1. The van der Waals surface area contributed by atoms with E-state index in [1.54, 1.807) is 0 Å². The van der Waals surface area contributed by atoms with Gasteiger partial charge in [0, 0.05) is 19.5 Å². The lowest BCUT2D eigenvalue weighted by Crippen LogP contribution is -2.23. The maximum atomic E-state index is 10.5. The second kappa shape index (κ2) is 7.44. The minimum atomic E-state index is -0.663. The van der Waals surface area contributed by atoms with Gasteiger partial charge in [-0.1, -0.05) is 31.9 Å². The van der Waals surface area contributed by atoms with E-state index in [-0.39, 0.29) is 0 Å². The molecule has 0 saturated heterocycles. The molecule has 0 bridgehead atoms. The summed E-state index contributed by atoms with van der Waals surface area (Å²) in [4.78, 5) is 13.0. The molecule has 1 aliphatic heterocycles. The molecule has 3 nitrogen and oxygen atoms in total. The van der Waals surface area contributed by atoms with Gasteiger partial charge < -0.3 is 5.11 Å². The summed E-state index contributed by atoms with van der Waals surface area (Å²) in [6.07, 6.45) is 9.02. The molecule has 0 aliphatic carbocycles. The van der Waals surface area contributed by atoms with Crippen LogP contribution in [0.4, 0.5) is 0 Å². The fourth-order valence-corrected chi connectivity index (χ4v) is 2.24. The molecule has 1 heterocycles. The third-order valence-electron chi connectivity index (χ3n) is 3.21. The lowest BCUT2D eigenvalue weighted by Gasteiger charge is -2.20. The van der Waals surface area contributed by atoms with Gasteiger partial charge in [0.25, 0.3) is 0 Å². The van der Waals surface area contributed by atoms with E-state index in [4.69, 9.17) is 5.11 Å². The van der Waals surface area contributed by atoms with Crippen LogP contribution in [0, 0.1) is 5.92 Å². The second-order valence-corrected chi connectivity index (χ2v) is 4.61. The highest BCUT2D eigenvalue weighted by Crippen LogP contribution is 2.18. The van der Waals surface area contributed by atoms with Gasteiger partial charge in [-0.3, -0.25) is 9.69 Å². The molecule has 0 saturated carbocycles. The zero-order valence-electron chi connectivity index (χ0n) is 10.2. The molecule has 1 aliphatic rings. The van der Waals surface area contributed by atoms with Crippen molar-refractivity contribution in [3.8, 4) is 0 Å². The Balaban J connectivity index is 2.18. The van der Waals surface area contributed by atoms with Crippen molar-refractivity contribution >= 4 is 5.97 Å². The van der Waals surface area contributed by atoms with Crippen LogP contribution in [0.2, 0.25) is 0 Å². The third kappa shape index (κ3) is 5.31. The largest absolute Gasteiger partial charge is 0.481 e. The predicted octanol–water partition coefficient (Wildman–Crippen LogP) is 2.53. The molecular weight excluding hydrogens is 202 g/mol. The van der Waals surface area contributed by atoms with Crippen LogP contribution in [-0.4, -0.2) is 35.6 Å². The van der Waals surface area contributed by atoms with E-state index in [1.807, 2.05) is 0 Å². The molecule has 1 atom stereocenters. The Bertz CT molecular complexity index is 230. The highest BCUT2D eigenvalue weighted by molar-refractivity contribution is 5.66. The van der Waals surface area contributed by atoms with Crippen LogP contribution >= 0.6 is 0 Å². The number of hydrogen-bond donors (Lipinski definition) is 1. The van der Waals surface area contributed by atoms with E-state index in [1.165, 1.54) is 0 Å². The van der Waals surface area contributed by atoms with Crippen molar-refractivity contribution in [1.82, 2.24) is 4.90 Å². The first kappa shape index (κ1) is 13.2. The number of hydrogen-bond acceptors (Lipinski definition) is 2. The Morgan fingerprint density at radius 2 is 2.00 bits per heavy atom. The van der Waals surface area contributed by atoms with E-state index < -0.39 is 5.97 Å². The van der Waals surface area contributed by atoms with Crippen molar-refractivity contribution in [2.24, 2.45) is 5.92 Å². The maximum absolute atomic E-state index is 10.5. The first-order chi connectivity index (χ1) is 7.72. The molecule has 0 aromatic heterocycles. The van der Waals surface area contributed by atoms with Crippen molar-refractivity contribution < 1.29 is 9.90 Å². The summed E-state index contributed by atoms with van der Waals surface area (Å²) in [5, 5.41) is 8.69. The van der Waals surface area contributed by atoms with Crippen molar-refractivity contribution in [1.29, 1.82) is 0 Å². The molecule has 1 N–H and O–H groups in total. The molecule has 0 radical (unpaired) electrons. The van der Waals surface area contributed by atoms with E-state index in [2.05, 4.69) is 24.0 Å². The van der Waals surface area contributed by atoms with Crippen LogP contribution in [0.15, 0.2) is 12.2 Å². The molecule has 92 valence electrons. The van der Waals surface area contributed by atoms with Crippen molar-refractivity contribution in [2.75, 3.05) is 19.6 Å². The quantitative estimate of drug-likeness (QED) is 0.645. The number of rotatable bonds is 8. The third-order valence-corrected chi connectivity index (χ3v) is 3.21. The lowest BCUT2D eigenvalue weighted by molar-refractivity contribution is -0.137. The molecule has 1 rings (SSSR count). The van der Waals surface area contributed by atoms with Crippen molar-refractivity contribution in [2.45, 2.75) is 39.0 Å². The van der Waals surface area contributed by atoms with Crippen LogP contribution in [0.5, 0.6) is 0 Å². The van der Waals surface area contributed by atoms with Gasteiger partial charge in [0.15, 0.2) is 0 Å². The molecule has 1 unspecified atom stereocenters. The molecule has 0 aromatic rings. The van der Waals surface area contributed by atoms with E-state index >= 15 is 0 Å². The Hall–Kier alpha value is -0.830. The highest BCUT2D eigenvalue weighted by Gasteiger charge is 2.13. The van der Waals surface area contributed by atoms with Gasteiger partial charge in [0.1, 0.15) is 0 Å². The first-order valence-corrected chi connectivity index (χ1v) is 6.31. The Kier molecular flexibility index (Phi) is 6.16. The molecule has 0 fully saturated rings. The zero-order valence-corrected chi connectivity index (χ0v) is 10.2. The summed E-state index contributed by atoms with van der Waals surface area (Å²) in [7, 11) is 0. The summed E-state index contributed by atoms with van der Waals surface area (Å²) in [5.74, 6) is -0.0781. The van der Waals surface area contributed by atoms with Crippen LogP contribution in [0.1, 0.15) is 39.0 Å². The standard InChI is InChI=1S/C13H23NO2/c1-2-5-12(6-7-13(15)16)8-11-14-9-3-4-10-14/h3-4,12H,2,5-11H2,1H3,(H,15,16). The summed E-state index contributed by atoms with van der Waals surface area (Å²) < 4.78 is 0. The van der Waals surface area contributed by atoms with Crippen molar-refractivity contribution in [3.05, 3.63) is 12.2 Å². The van der Waals surface area contributed by atoms with Gasteiger partial charge in [-0.25, -0.2) is 0 Å². The van der Waals surface area contributed by atoms with E-state index in [9.17, 15) is 4.79 Å². The molecule has 0 spiro atoms. The molecule has 0 aromatic carbocycles. The van der Waals surface area contributed by atoms with Crippen LogP contribution in [-0.2, 0) is 4.79 Å². The number of nitrogens with zero attached hydrogens (tertiary/aromatic N) is 1. The number of aliphatic carboxylic acids is 1. The summed E-state index contributed by atoms with van der Waals surface area (Å²) in [5.41, 5.74) is 0. The van der Waals surface area contributed by atoms with Gasteiger partial charge in [0.2, 0.25) is 0 Å². The van der Waals surface area contributed by atoms with Crippen LogP contribution in [0.3, 0.4) is 0 Å². The predicted molar refractivity (Wildman–Crippen MR) is 65.5 cm³/mol. The second-order valence-electron chi connectivity index (χ2n) is 4.61. The minimum absolute atomic E-state index is 0.322. The normalized spacial score (nSPS) is 17.8. The molecule has 16 heavy (non-hydrogen) atoms. The lowest BCUT2D eigenvalue weighted by atomic mass is 9.94. The molecule has 0 amide bonds. The number of carboxylic acids is 1. The van der Waals surface area contributed by atoms with Gasteiger partial charge in [-0.2, -0.15) is 0 Å². The van der Waals surface area contributed by atoms with E-state index in [0.29, 0.717) is 12.3 Å². The topological polar surface area (TPSA) is 40.5 Å². The van der Waals surface area contributed by atoms with Gasteiger partial charge in [-0.05, 0) is 25.3 Å². The maximum Gasteiger partial charge on any atom is 0.303 e. The van der Waals surface area contributed by atoms with Gasteiger partial charge in [0.05, 0.1) is 0 Å². The smallest absolute Gasteiger partial charge is 0.303 e. The molecular formula is C13H23NO2. The summed E-state index contributed by atoms with van der Waals surface area (Å²) in [6.45, 7) is 5.41. The first-order valence-electron chi connectivity index (χ1n) is 6.31. The average molecular weight is 225 g/mol. The van der Waals surface area contributed by atoms with E-state index in [0.717, 1.165) is 45.3 Å². The van der Waals surface area contributed by atoms with Crippen LogP contribution < -0.4 is 0 Å². The SMILES string of the molecule is CCCC(CCC(=O)O)CCN1CC=CC1.